The van der Waals surface area contributed by atoms with E-state index in [0.29, 0.717) is 12.0 Å². The van der Waals surface area contributed by atoms with E-state index in [-0.39, 0.29) is 24.2 Å². The SMILES string of the molecule is Cc1cn([C@@H]2CC(C)[C@@H](CO)O2)c(=O)[nH]c1=O. The van der Waals surface area contributed by atoms with E-state index < -0.39 is 11.9 Å². The first kappa shape index (κ1) is 12.1. The van der Waals surface area contributed by atoms with E-state index in [1.54, 1.807) is 6.92 Å². The van der Waals surface area contributed by atoms with E-state index in [1.165, 1.54) is 10.8 Å². The summed E-state index contributed by atoms with van der Waals surface area (Å²) in [5, 5.41) is 9.10. The first-order valence-corrected chi connectivity index (χ1v) is 5.61. The number of H-pyrrole nitrogens is 1. The molecular weight excluding hydrogens is 224 g/mol. The quantitative estimate of drug-likeness (QED) is 0.747. The summed E-state index contributed by atoms with van der Waals surface area (Å²) in [5.41, 5.74) is -0.388. The molecule has 2 heterocycles. The topological polar surface area (TPSA) is 84.3 Å². The van der Waals surface area contributed by atoms with Gasteiger partial charge in [0.1, 0.15) is 6.23 Å². The third-order valence-electron chi connectivity index (χ3n) is 3.18. The van der Waals surface area contributed by atoms with Gasteiger partial charge in [-0.2, -0.15) is 0 Å². The molecule has 94 valence electrons. The summed E-state index contributed by atoms with van der Waals surface area (Å²) in [5.74, 6) is 0.184. The molecule has 1 aliphatic heterocycles. The van der Waals surface area contributed by atoms with Crippen LogP contribution in [0.1, 0.15) is 25.1 Å². The van der Waals surface area contributed by atoms with Gasteiger partial charge in [-0.05, 0) is 19.3 Å². The molecule has 17 heavy (non-hydrogen) atoms. The van der Waals surface area contributed by atoms with Crippen molar-refractivity contribution < 1.29 is 9.84 Å². The van der Waals surface area contributed by atoms with Crippen LogP contribution in [-0.2, 0) is 4.74 Å². The molecule has 0 aromatic carbocycles. The number of rotatable bonds is 2. The van der Waals surface area contributed by atoms with Crippen molar-refractivity contribution in [3.05, 3.63) is 32.6 Å². The van der Waals surface area contributed by atoms with Crippen LogP contribution in [0.2, 0.25) is 0 Å². The molecule has 0 bridgehead atoms. The monoisotopic (exact) mass is 240 g/mol. The molecule has 1 aromatic heterocycles. The van der Waals surface area contributed by atoms with E-state index in [2.05, 4.69) is 4.98 Å². The largest absolute Gasteiger partial charge is 0.394 e. The molecule has 1 fully saturated rings. The highest BCUT2D eigenvalue weighted by Gasteiger charge is 2.33. The Morgan fingerprint density at radius 2 is 2.29 bits per heavy atom. The van der Waals surface area contributed by atoms with Gasteiger partial charge in [0.15, 0.2) is 0 Å². The second-order valence-electron chi connectivity index (χ2n) is 4.50. The van der Waals surface area contributed by atoms with Crippen LogP contribution in [0.3, 0.4) is 0 Å². The smallest absolute Gasteiger partial charge is 0.330 e. The molecule has 1 unspecified atom stereocenters. The van der Waals surface area contributed by atoms with E-state index >= 15 is 0 Å². The van der Waals surface area contributed by atoms with Gasteiger partial charge in [-0.3, -0.25) is 14.3 Å². The second-order valence-corrected chi connectivity index (χ2v) is 4.50. The normalized spacial score (nSPS) is 28.5. The van der Waals surface area contributed by atoms with Crippen molar-refractivity contribution in [3.8, 4) is 0 Å². The average Bonchev–Trinajstić information content (AvgIpc) is 2.65. The van der Waals surface area contributed by atoms with Crippen LogP contribution in [0.5, 0.6) is 0 Å². The molecule has 1 aromatic rings. The first-order valence-electron chi connectivity index (χ1n) is 5.61. The lowest BCUT2D eigenvalue weighted by molar-refractivity contribution is -0.0313. The Bertz CT molecular complexity index is 519. The highest BCUT2D eigenvalue weighted by Crippen LogP contribution is 2.31. The molecule has 2 rings (SSSR count). The summed E-state index contributed by atoms with van der Waals surface area (Å²) in [6.45, 7) is 3.54. The molecule has 1 saturated heterocycles. The molecule has 0 aliphatic carbocycles. The Hall–Kier alpha value is -1.40. The van der Waals surface area contributed by atoms with Gasteiger partial charge in [0.2, 0.25) is 0 Å². The number of ether oxygens (including phenoxy) is 1. The van der Waals surface area contributed by atoms with E-state index in [9.17, 15) is 9.59 Å². The molecule has 6 heteroatoms. The van der Waals surface area contributed by atoms with Crippen molar-refractivity contribution in [2.45, 2.75) is 32.6 Å². The van der Waals surface area contributed by atoms with Crippen LogP contribution in [0, 0.1) is 12.8 Å². The number of aromatic nitrogens is 2. The van der Waals surface area contributed by atoms with Crippen molar-refractivity contribution in [3.63, 3.8) is 0 Å². The van der Waals surface area contributed by atoms with Crippen LogP contribution in [0.15, 0.2) is 15.8 Å². The minimum Gasteiger partial charge on any atom is -0.394 e. The fraction of sp³-hybridized carbons (Fsp3) is 0.636. The Balaban J connectivity index is 2.34. The molecule has 0 radical (unpaired) electrons. The minimum atomic E-state index is -0.476. The molecule has 1 aliphatic rings. The summed E-state index contributed by atoms with van der Waals surface area (Å²) in [6.07, 6.45) is 1.49. The zero-order valence-electron chi connectivity index (χ0n) is 9.84. The predicted octanol–water partition coefficient (Wildman–Crippen LogP) is -0.239. The van der Waals surface area contributed by atoms with Crippen LogP contribution in [0.25, 0.3) is 0 Å². The summed E-state index contributed by atoms with van der Waals surface area (Å²) in [4.78, 5) is 25.1. The average molecular weight is 240 g/mol. The third kappa shape index (κ3) is 2.18. The molecule has 0 spiro atoms. The lowest BCUT2D eigenvalue weighted by Crippen LogP contribution is -2.33. The number of aromatic amines is 1. The van der Waals surface area contributed by atoms with E-state index in [4.69, 9.17) is 9.84 Å². The molecule has 0 amide bonds. The lowest BCUT2D eigenvalue weighted by Gasteiger charge is -2.14. The maximum absolute atomic E-state index is 11.6. The highest BCUT2D eigenvalue weighted by atomic mass is 16.5. The van der Waals surface area contributed by atoms with Gasteiger partial charge in [0.25, 0.3) is 5.56 Å². The third-order valence-corrected chi connectivity index (χ3v) is 3.18. The van der Waals surface area contributed by atoms with Crippen LogP contribution >= 0.6 is 0 Å². The number of nitrogens with one attached hydrogen (secondary N) is 1. The first-order chi connectivity index (χ1) is 8.02. The fourth-order valence-electron chi connectivity index (χ4n) is 2.06. The molecular formula is C11H16N2O4. The Morgan fingerprint density at radius 3 is 2.88 bits per heavy atom. The van der Waals surface area contributed by atoms with Gasteiger partial charge in [0.05, 0.1) is 12.7 Å². The van der Waals surface area contributed by atoms with Crippen molar-refractivity contribution in [2.24, 2.45) is 5.92 Å². The number of aliphatic hydroxyl groups is 1. The number of hydrogen-bond donors (Lipinski definition) is 2. The second kappa shape index (κ2) is 4.46. The fourth-order valence-corrected chi connectivity index (χ4v) is 2.06. The molecule has 6 nitrogen and oxygen atoms in total. The van der Waals surface area contributed by atoms with Crippen LogP contribution in [-0.4, -0.2) is 27.4 Å². The van der Waals surface area contributed by atoms with Gasteiger partial charge in [-0.25, -0.2) is 4.79 Å². The lowest BCUT2D eigenvalue weighted by atomic mass is 10.0. The molecule has 3 atom stereocenters. The van der Waals surface area contributed by atoms with E-state index in [1.807, 2.05) is 6.92 Å². The maximum Gasteiger partial charge on any atom is 0.330 e. The minimum absolute atomic E-state index is 0.0608. The zero-order valence-corrected chi connectivity index (χ0v) is 9.84. The summed E-state index contributed by atoms with van der Waals surface area (Å²) < 4.78 is 6.95. The van der Waals surface area contributed by atoms with Gasteiger partial charge in [-0.15, -0.1) is 0 Å². The summed E-state index contributed by atoms with van der Waals surface area (Å²) >= 11 is 0. The maximum atomic E-state index is 11.6. The summed E-state index contributed by atoms with van der Waals surface area (Å²) in [6, 6.07) is 0. The van der Waals surface area contributed by atoms with Crippen molar-refractivity contribution in [2.75, 3.05) is 6.61 Å². The number of hydrogen-bond acceptors (Lipinski definition) is 4. The van der Waals surface area contributed by atoms with Crippen LogP contribution in [0.4, 0.5) is 0 Å². The van der Waals surface area contributed by atoms with Crippen molar-refractivity contribution in [1.82, 2.24) is 9.55 Å². The number of aliphatic hydroxyl groups excluding tert-OH is 1. The van der Waals surface area contributed by atoms with E-state index in [0.717, 1.165) is 0 Å². The number of aryl methyl sites for hydroxylation is 1. The van der Waals surface area contributed by atoms with Crippen molar-refractivity contribution >= 4 is 0 Å². The Labute approximate surface area is 97.9 Å². The standard InChI is InChI=1S/C11H16N2O4/c1-6-3-9(17-8(6)5-14)13-4-7(2)10(15)12-11(13)16/h4,6,8-9,14H,3,5H2,1-2H3,(H,12,15,16)/t6?,8-,9+/m1/s1. The van der Waals surface area contributed by atoms with Crippen LogP contribution < -0.4 is 11.2 Å². The van der Waals surface area contributed by atoms with Gasteiger partial charge < -0.3 is 9.84 Å². The van der Waals surface area contributed by atoms with Gasteiger partial charge in [0, 0.05) is 11.8 Å². The molecule has 2 N–H and O–H groups in total. The van der Waals surface area contributed by atoms with Crippen molar-refractivity contribution in [1.29, 1.82) is 0 Å². The Kier molecular flexibility index (Phi) is 3.17. The molecule has 0 saturated carbocycles. The zero-order chi connectivity index (χ0) is 12.6. The van der Waals surface area contributed by atoms with Gasteiger partial charge >= 0.3 is 5.69 Å². The highest BCUT2D eigenvalue weighted by molar-refractivity contribution is 5.01. The van der Waals surface area contributed by atoms with Gasteiger partial charge in [-0.1, -0.05) is 6.92 Å². The summed E-state index contributed by atoms with van der Waals surface area (Å²) in [7, 11) is 0. The predicted molar refractivity (Wildman–Crippen MR) is 60.8 cm³/mol. The number of nitrogens with zero attached hydrogens (tertiary/aromatic N) is 1. The Morgan fingerprint density at radius 1 is 1.59 bits per heavy atom.